The third-order valence-corrected chi connectivity index (χ3v) is 6.26. The van der Waals surface area contributed by atoms with Crippen LogP contribution in [0.15, 0.2) is 24.3 Å². The molecule has 0 N–H and O–H groups in total. The molecular weight excluding hydrogens is 292 g/mol. The van der Waals surface area contributed by atoms with Crippen molar-refractivity contribution >= 4 is 0 Å². The van der Waals surface area contributed by atoms with E-state index in [1.165, 1.54) is 63.0 Å². The summed E-state index contributed by atoms with van der Waals surface area (Å²) in [5, 5.41) is 0. The third kappa shape index (κ3) is 4.40. The molecule has 0 aliphatic carbocycles. The van der Waals surface area contributed by atoms with Gasteiger partial charge in [-0.05, 0) is 75.6 Å². The average molecular weight is 329 g/mol. The van der Waals surface area contributed by atoms with Gasteiger partial charge < -0.3 is 0 Å². The fourth-order valence-corrected chi connectivity index (χ4v) is 4.43. The van der Waals surface area contributed by atoms with Gasteiger partial charge in [-0.1, -0.05) is 38.1 Å². The summed E-state index contributed by atoms with van der Waals surface area (Å²) in [5.41, 5.74) is 2.99. The molecule has 0 amide bonds. The van der Waals surface area contributed by atoms with E-state index in [1.54, 1.807) is 0 Å². The molecule has 2 saturated heterocycles. The molecule has 2 aliphatic heterocycles. The summed E-state index contributed by atoms with van der Waals surface area (Å²) in [6, 6.07) is 10.9. The standard InChI is InChI=1S/C22H36N2/c1-17(2)21-7-5-19(6-8-21)15-20-9-12-23(13-10-20)22-11-14-24(16-22)18(3)4/h5-8,17-18,20,22H,9-16H2,1-4H3. The summed E-state index contributed by atoms with van der Waals surface area (Å²) in [7, 11) is 0. The van der Waals surface area contributed by atoms with Crippen LogP contribution in [0.3, 0.4) is 0 Å². The lowest BCUT2D eigenvalue weighted by Crippen LogP contribution is -2.43. The number of likely N-dealkylation sites (tertiary alicyclic amines) is 2. The van der Waals surface area contributed by atoms with Gasteiger partial charge in [0.1, 0.15) is 0 Å². The maximum absolute atomic E-state index is 2.78. The molecule has 0 bridgehead atoms. The lowest BCUT2D eigenvalue weighted by molar-refractivity contribution is 0.129. The highest BCUT2D eigenvalue weighted by Gasteiger charge is 2.31. The molecule has 0 radical (unpaired) electrons. The van der Waals surface area contributed by atoms with E-state index in [4.69, 9.17) is 0 Å². The van der Waals surface area contributed by atoms with Crippen LogP contribution in [0.4, 0.5) is 0 Å². The predicted molar refractivity (Wildman–Crippen MR) is 104 cm³/mol. The van der Waals surface area contributed by atoms with Crippen molar-refractivity contribution in [3.8, 4) is 0 Å². The van der Waals surface area contributed by atoms with Crippen molar-refractivity contribution < 1.29 is 0 Å². The van der Waals surface area contributed by atoms with E-state index >= 15 is 0 Å². The van der Waals surface area contributed by atoms with Crippen LogP contribution in [0.25, 0.3) is 0 Å². The molecule has 1 atom stereocenters. The van der Waals surface area contributed by atoms with Gasteiger partial charge in [-0.15, -0.1) is 0 Å². The molecule has 24 heavy (non-hydrogen) atoms. The summed E-state index contributed by atoms with van der Waals surface area (Å²) in [6.45, 7) is 14.4. The van der Waals surface area contributed by atoms with Gasteiger partial charge in [-0.25, -0.2) is 0 Å². The maximum atomic E-state index is 2.78. The maximum Gasteiger partial charge on any atom is 0.0235 e. The molecule has 2 heteroatoms. The molecule has 1 aromatic rings. The van der Waals surface area contributed by atoms with Crippen molar-refractivity contribution in [2.75, 3.05) is 26.2 Å². The minimum atomic E-state index is 0.638. The molecule has 2 heterocycles. The van der Waals surface area contributed by atoms with Crippen molar-refractivity contribution in [1.29, 1.82) is 0 Å². The molecule has 1 aromatic carbocycles. The molecule has 0 aromatic heterocycles. The SMILES string of the molecule is CC(C)c1ccc(CC2CCN(C3CCN(C(C)C)C3)CC2)cc1. The predicted octanol–water partition coefficient (Wildman–Crippen LogP) is 4.55. The number of nitrogens with zero attached hydrogens (tertiary/aromatic N) is 2. The van der Waals surface area contributed by atoms with E-state index in [9.17, 15) is 0 Å². The van der Waals surface area contributed by atoms with Gasteiger partial charge in [0, 0.05) is 25.2 Å². The van der Waals surface area contributed by atoms with E-state index < -0.39 is 0 Å². The normalized spacial score (nSPS) is 24.3. The van der Waals surface area contributed by atoms with E-state index in [-0.39, 0.29) is 0 Å². The molecule has 134 valence electrons. The summed E-state index contributed by atoms with van der Waals surface area (Å²) in [4.78, 5) is 5.42. The Kier molecular flexibility index (Phi) is 5.99. The Morgan fingerprint density at radius 1 is 0.917 bits per heavy atom. The van der Waals surface area contributed by atoms with Gasteiger partial charge in [0.2, 0.25) is 0 Å². The minimum Gasteiger partial charge on any atom is -0.299 e. The fraction of sp³-hybridized carbons (Fsp3) is 0.727. The fourth-order valence-electron chi connectivity index (χ4n) is 4.43. The molecule has 0 saturated carbocycles. The number of hydrogen-bond acceptors (Lipinski definition) is 2. The quantitative estimate of drug-likeness (QED) is 0.782. The van der Waals surface area contributed by atoms with E-state index in [1.807, 2.05) is 0 Å². The molecule has 2 aliphatic rings. The Labute approximate surface area is 149 Å². The van der Waals surface area contributed by atoms with Crippen LogP contribution in [0, 0.1) is 5.92 Å². The van der Waals surface area contributed by atoms with E-state index in [0.717, 1.165) is 12.0 Å². The highest BCUT2D eigenvalue weighted by atomic mass is 15.3. The number of rotatable bonds is 5. The topological polar surface area (TPSA) is 6.48 Å². The highest BCUT2D eigenvalue weighted by Crippen LogP contribution is 2.27. The second-order valence-corrected chi connectivity index (χ2v) is 8.61. The molecular formula is C22H36N2. The number of hydrogen-bond donors (Lipinski definition) is 0. The lowest BCUT2D eigenvalue weighted by Gasteiger charge is -2.36. The first-order valence-electron chi connectivity index (χ1n) is 10.1. The smallest absolute Gasteiger partial charge is 0.0235 e. The van der Waals surface area contributed by atoms with Crippen molar-refractivity contribution in [3.63, 3.8) is 0 Å². The Balaban J connectivity index is 1.45. The van der Waals surface area contributed by atoms with E-state index in [2.05, 4.69) is 61.8 Å². The van der Waals surface area contributed by atoms with Crippen molar-refractivity contribution in [2.45, 2.75) is 71.4 Å². The Hall–Kier alpha value is -0.860. The van der Waals surface area contributed by atoms with Crippen molar-refractivity contribution in [3.05, 3.63) is 35.4 Å². The van der Waals surface area contributed by atoms with Gasteiger partial charge in [0.05, 0.1) is 0 Å². The molecule has 3 rings (SSSR count). The van der Waals surface area contributed by atoms with Crippen LogP contribution in [0.1, 0.15) is 64.0 Å². The summed E-state index contributed by atoms with van der Waals surface area (Å²) in [5.74, 6) is 1.52. The first-order valence-corrected chi connectivity index (χ1v) is 10.1. The molecule has 0 spiro atoms. The summed E-state index contributed by atoms with van der Waals surface area (Å²) >= 11 is 0. The monoisotopic (exact) mass is 328 g/mol. The van der Waals surface area contributed by atoms with Crippen LogP contribution in [-0.2, 0) is 6.42 Å². The zero-order valence-corrected chi connectivity index (χ0v) is 16.2. The summed E-state index contributed by atoms with van der Waals surface area (Å²) < 4.78 is 0. The Morgan fingerprint density at radius 2 is 1.58 bits per heavy atom. The number of benzene rings is 1. The van der Waals surface area contributed by atoms with Gasteiger partial charge in [0.15, 0.2) is 0 Å². The zero-order valence-electron chi connectivity index (χ0n) is 16.2. The van der Waals surface area contributed by atoms with Crippen LogP contribution in [0.5, 0.6) is 0 Å². The van der Waals surface area contributed by atoms with Crippen LogP contribution in [-0.4, -0.2) is 48.1 Å². The van der Waals surface area contributed by atoms with Gasteiger partial charge in [0.25, 0.3) is 0 Å². The average Bonchev–Trinajstić information content (AvgIpc) is 3.06. The van der Waals surface area contributed by atoms with Gasteiger partial charge in [-0.2, -0.15) is 0 Å². The first-order chi connectivity index (χ1) is 11.5. The van der Waals surface area contributed by atoms with Crippen LogP contribution in [0.2, 0.25) is 0 Å². The van der Waals surface area contributed by atoms with E-state index in [0.29, 0.717) is 12.0 Å². The van der Waals surface area contributed by atoms with Crippen LogP contribution < -0.4 is 0 Å². The van der Waals surface area contributed by atoms with Crippen molar-refractivity contribution in [1.82, 2.24) is 9.80 Å². The van der Waals surface area contributed by atoms with Gasteiger partial charge in [-0.3, -0.25) is 9.80 Å². The highest BCUT2D eigenvalue weighted by molar-refractivity contribution is 5.25. The van der Waals surface area contributed by atoms with Crippen molar-refractivity contribution in [2.24, 2.45) is 5.92 Å². The molecule has 1 unspecified atom stereocenters. The Bertz CT molecular complexity index is 497. The third-order valence-electron chi connectivity index (χ3n) is 6.26. The Morgan fingerprint density at radius 3 is 2.12 bits per heavy atom. The first kappa shape index (κ1) is 17.9. The van der Waals surface area contributed by atoms with Gasteiger partial charge >= 0.3 is 0 Å². The second-order valence-electron chi connectivity index (χ2n) is 8.61. The minimum absolute atomic E-state index is 0.638. The lowest BCUT2D eigenvalue weighted by atomic mass is 9.89. The molecule has 2 nitrogen and oxygen atoms in total. The largest absolute Gasteiger partial charge is 0.299 e. The van der Waals surface area contributed by atoms with Crippen LogP contribution >= 0.6 is 0 Å². The molecule has 2 fully saturated rings. The second kappa shape index (κ2) is 8.01. The summed E-state index contributed by atoms with van der Waals surface area (Å²) in [6.07, 6.45) is 5.41. The number of piperidine rings is 1. The zero-order chi connectivity index (χ0) is 17.1.